The maximum Gasteiger partial charge on any atom is 0.333 e. The van der Waals surface area contributed by atoms with E-state index in [0.29, 0.717) is 10.7 Å². The molecule has 0 unspecified atom stereocenters. The zero-order chi connectivity index (χ0) is 9.26. The minimum atomic E-state index is -0.264. The molecule has 0 atom stereocenters. The molecule has 0 fully saturated rings. The molecule has 0 aliphatic carbocycles. The van der Waals surface area contributed by atoms with Crippen molar-refractivity contribution in [2.75, 3.05) is 0 Å². The van der Waals surface area contributed by atoms with Crippen LogP contribution >= 0.6 is 11.6 Å². The summed E-state index contributed by atoms with van der Waals surface area (Å²) in [6.45, 7) is 0. The zero-order valence-corrected chi connectivity index (χ0v) is 7.31. The van der Waals surface area contributed by atoms with Gasteiger partial charge in [-0.05, 0) is 12.1 Å². The smallest absolute Gasteiger partial charge is 0.333 e. The lowest BCUT2D eigenvalue weighted by molar-refractivity contribution is 0.430. The van der Waals surface area contributed by atoms with Gasteiger partial charge in [-0.2, -0.15) is 4.98 Å². The highest BCUT2D eigenvalue weighted by atomic mass is 35.5. The molecule has 4 nitrogen and oxygen atoms in total. The maximum atomic E-state index is 8.92. The first-order valence-corrected chi connectivity index (χ1v) is 4.01. The van der Waals surface area contributed by atoms with Gasteiger partial charge in [0.2, 0.25) is 0 Å². The van der Waals surface area contributed by atoms with Crippen LogP contribution in [0.5, 0.6) is 6.01 Å². The molecule has 2 rings (SSSR count). The molecule has 0 saturated heterocycles. The Hall–Kier alpha value is -1.55. The van der Waals surface area contributed by atoms with E-state index in [9.17, 15) is 0 Å². The zero-order valence-electron chi connectivity index (χ0n) is 6.55. The Labute approximate surface area is 79.4 Å². The topological polar surface area (TPSA) is 50.9 Å². The van der Waals surface area contributed by atoms with Crippen LogP contribution in [0.15, 0.2) is 30.6 Å². The molecule has 1 aromatic carbocycles. The van der Waals surface area contributed by atoms with E-state index < -0.39 is 0 Å². The number of aromatic nitrogens is 3. The van der Waals surface area contributed by atoms with E-state index in [1.165, 1.54) is 11.0 Å². The second-order valence-corrected chi connectivity index (χ2v) is 2.85. The SMILES string of the molecule is Oc1ncn(-c2ccccc2Cl)n1. The van der Waals surface area contributed by atoms with Crippen molar-refractivity contribution in [1.82, 2.24) is 14.8 Å². The third-order valence-corrected chi connectivity index (χ3v) is 1.90. The summed E-state index contributed by atoms with van der Waals surface area (Å²) in [6, 6.07) is 6.93. The van der Waals surface area contributed by atoms with Crippen LogP contribution in [0, 0.1) is 0 Å². The minimum absolute atomic E-state index is 0.264. The van der Waals surface area contributed by atoms with Gasteiger partial charge in [-0.15, -0.1) is 5.10 Å². The summed E-state index contributed by atoms with van der Waals surface area (Å²) in [6.07, 6.45) is 1.40. The fourth-order valence-electron chi connectivity index (χ4n) is 1.01. The van der Waals surface area contributed by atoms with E-state index >= 15 is 0 Å². The predicted octanol–water partition coefficient (Wildman–Crippen LogP) is 1.63. The lowest BCUT2D eigenvalue weighted by atomic mass is 10.3. The van der Waals surface area contributed by atoms with Crippen LogP contribution in [-0.2, 0) is 0 Å². The largest absolute Gasteiger partial charge is 0.478 e. The van der Waals surface area contributed by atoms with E-state index in [1.54, 1.807) is 12.1 Å². The lowest BCUT2D eigenvalue weighted by Crippen LogP contribution is -1.94. The molecule has 5 heteroatoms. The Morgan fingerprint density at radius 1 is 1.31 bits per heavy atom. The van der Waals surface area contributed by atoms with Gasteiger partial charge >= 0.3 is 6.01 Å². The summed E-state index contributed by atoms with van der Waals surface area (Å²) in [5, 5.41) is 13.2. The van der Waals surface area contributed by atoms with Gasteiger partial charge in [0.1, 0.15) is 6.33 Å². The molecule has 0 aliphatic rings. The molecule has 66 valence electrons. The summed E-state index contributed by atoms with van der Waals surface area (Å²) < 4.78 is 1.41. The van der Waals surface area contributed by atoms with Crippen molar-refractivity contribution in [1.29, 1.82) is 0 Å². The van der Waals surface area contributed by atoms with Gasteiger partial charge in [0.25, 0.3) is 0 Å². The number of hydrogen-bond donors (Lipinski definition) is 1. The van der Waals surface area contributed by atoms with Crippen molar-refractivity contribution < 1.29 is 5.11 Å². The normalized spacial score (nSPS) is 10.2. The van der Waals surface area contributed by atoms with Crippen LogP contribution in [-0.4, -0.2) is 19.9 Å². The van der Waals surface area contributed by atoms with Crippen LogP contribution in [0.25, 0.3) is 5.69 Å². The fourth-order valence-corrected chi connectivity index (χ4v) is 1.23. The van der Waals surface area contributed by atoms with E-state index in [4.69, 9.17) is 16.7 Å². The van der Waals surface area contributed by atoms with Crippen LogP contribution in [0.3, 0.4) is 0 Å². The molecule has 0 bridgehead atoms. The van der Waals surface area contributed by atoms with E-state index in [1.807, 2.05) is 12.1 Å². The number of rotatable bonds is 1. The molecule has 1 heterocycles. The van der Waals surface area contributed by atoms with Crippen molar-refractivity contribution in [3.63, 3.8) is 0 Å². The molecule has 0 spiro atoms. The standard InChI is InChI=1S/C8H6ClN3O/c9-6-3-1-2-4-7(6)12-5-10-8(13)11-12/h1-5H,(H,11,13). The maximum absolute atomic E-state index is 8.92. The Balaban J connectivity index is 2.52. The van der Waals surface area contributed by atoms with Crippen molar-refractivity contribution in [2.24, 2.45) is 0 Å². The van der Waals surface area contributed by atoms with Crippen LogP contribution < -0.4 is 0 Å². The molecule has 0 aliphatic heterocycles. The molecule has 1 aromatic heterocycles. The molecule has 2 aromatic rings. The third-order valence-electron chi connectivity index (χ3n) is 1.58. The van der Waals surface area contributed by atoms with Crippen molar-refractivity contribution in [3.05, 3.63) is 35.6 Å². The Kier molecular flexibility index (Phi) is 1.90. The molecule has 0 amide bonds. The van der Waals surface area contributed by atoms with Crippen LogP contribution in [0.2, 0.25) is 5.02 Å². The number of aromatic hydroxyl groups is 1. The molecule has 0 saturated carbocycles. The van der Waals surface area contributed by atoms with Gasteiger partial charge in [0.15, 0.2) is 0 Å². The van der Waals surface area contributed by atoms with Gasteiger partial charge < -0.3 is 5.11 Å². The average Bonchev–Trinajstić information content (AvgIpc) is 2.53. The first kappa shape index (κ1) is 8.07. The molecule has 13 heavy (non-hydrogen) atoms. The third kappa shape index (κ3) is 1.48. The van der Waals surface area contributed by atoms with Gasteiger partial charge in [-0.25, -0.2) is 4.68 Å². The number of halogens is 1. The van der Waals surface area contributed by atoms with Crippen LogP contribution in [0.1, 0.15) is 0 Å². The van der Waals surface area contributed by atoms with Crippen molar-refractivity contribution >= 4 is 11.6 Å². The van der Waals surface area contributed by atoms with Crippen LogP contribution in [0.4, 0.5) is 0 Å². The summed E-state index contributed by atoms with van der Waals surface area (Å²) >= 11 is 5.90. The monoisotopic (exact) mass is 195 g/mol. The van der Waals surface area contributed by atoms with Gasteiger partial charge in [0, 0.05) is 0 Å². The summed E-state index contributed by atoms with van der Waals surface area (Å²) in [5.74, 6) is 0. The summed E-state index contributed by atoms with van der Waals surface area (Å²) in [4.78, 5) is 3.58. The van der Waals surface area contributed by atoms with Crippen molar-refractivity contribution in [3.8, 4) is 11.7 Å². The fraction of sp³-hybridized carbons (Fsp3) is 0. The Bertz CT molecular complexity index is 427. The quantitative estimate of drug-likeness (QED) is 0.753. The van der Waals surface area contributed by atoms with Gasteiger partial charge in [0.05, 0.1) is 10.7 Å². The first-order valence-electron chi connectivity index (χ1n) is 3.63. The van der Waals surface area contributed by atoms with Gasteiger partial charge in [-0.3, -0.25) is 0 Å². The highest BCUT2D eigenvalue weighted by Gasteiger charge is 2.03. The average molecular weight is 196 g/mol. The number of benzene rings is 1. The summed E-state index contributed by atoms with van der Waals surface area (Å²) in [7, 11) is 0. The number of para-hydroxylation sites is 1. The van der Waals surface area contributed by atoms with Gasteiger partial charge in [-0.1, -0.05) is 23.7 Å². The molecule has 0 radical (unpaired) electrons. The Morgan fingerprint density at radius 3 is 2.69 bits per heavy atom. The molecular formula is C8H6ClN3O. The van der Waals surface area contributed by atoms with E-state index in [0.717, 1.165) is 0 Å². The highest BCUT2D eigenvalue weighted by Crippen LogP contribution is 2.18. The van der Waals surface area contributed by atoms with E-state index in [-0.39, 0.29) is 6.01 Å². The minimum Gasteiger partial charge on any atom is -0.478 e. The molecule has 1 N–H and O–H groups in total. The molecular weight excluding hydrogens is 190 g/mol. The second kappa shape index (κ2) is 3.06. The Morgan fingerprint density at radius 2 is 2.08 bits per heavy atom. The number of nitrogens with zero attached hydrogens (tertiary/aromatic N) is 3. The summed E-state index contributed by atoms with van der Waals surface area (Å²) in [5.41, 5.74) is 0.692. The highest BCUT2D eigenvalue weighted by molar-refractivity contribution is 6.32. The lowest BCUT2D eigenvalue weighted by Gasteiger charge is -2.00. The van der Waals surface area contributed by atoms with E-state index in [2.05, 4.69) is 10.1 Å². The second-order valence-electron chi connectivity index (χ2n) is 2.44. The van der Waals surface area contributed by atoms with Crippen molar-refractivity contribution in [2.45, 2.75) is 0 Å². The first-order chi connectivity index (χ1) is 6.27. The number of hydrogen-bond acceptors (Lipinski definition) is 3. The predicted molar refractivity (Wildman–Crippen MR) is 48.0 cm³/mol.